The molecule has 0 spiro atoms. The molecule has 172 valence electrons. The zero-order valence-corrected chi connectivity index (χ0v) is 20.0. The maximum absolute atomic E-state index is 12.3. The predicted octanol–water partition coefficient (Wildman–Crippen LogP) is 7.19. The lowest BCUT2D eigenvalue weighted by Gasteiger charge is -2.10. The van der Waals surface area contributed by atoms with E-state index in [0.717, 1.165) is 30.7 Å². The molecule has 0 fully saturated rings. The first-order valence-electron chi connectivity index (χ1n) is 12.2. The Hall–Kier alpha value is -2.33. The highest BCUT2D eigenvalue weighted by Gasteiger charge is 2.11. The molecule has 1 N–H and O–H groups in total. The molecule has 2 aromatic carbocycles. The molecular formula is C27H36ClN3O. The summed E-state index contributed by atoms with van der Waals surface area (Å²) in [5, 5.41) is 3.64. The van der Waals surface area contributed by atoms with Gasteiger partial charge in [0.05, 0.1) is 11.0 Å². The van der Waals surface area contributed by atoms with Crippen LogP contribution >= 0.6 is 11.6 Å². The van der Waals surface area contributed by atoms with E-state index in [2.05, 4.69) is 35.0 Å². The van der Waals surface area contributed by atoms with Gasteiger partial charge in [0.15, 0.2) is 0 Å². The summed E-state index contributed by atoms with van der Waals surface area (Å²) in [4.78, 5) is 17.2. The van der Waals surface area contributed by atoms with Gasteiger partial charge in [-0.1, -0.05) is 75.6 Å². The molecule has 1 amide bonds. The molecule has 0 aliphatic heterocycles. The fraction of sp³-hybridized carbons (Fsp3) is 0.481. The molecule has 5 heteroatoms. The number of amides is 1. The third-order valence-corrected chi connectivity index (χ3v) is 6.19. The van der Waals surface area contributed by atoms with Crippen LogP contribution < -0.4 is 5.32 Å². The number of unbranched alkanes of at least 4 members (excludes halogenated alkanes) is 7. The third-order valence-electron chi connectivity index (χ3n) is 5.94. The second kappa shape index (κ2) is 13.3. The predicted molar refractivity (Wildman–Crippen MR) is 134 cm³/mol. The Bertz CT molecular complexity index is 965. The first kappa shape index (κ1) is 24.3. The van der Waals surface area contributed by atoms with Crippen LogP contribution in [0.3, 0.4) is 0 Å². The van der Waals surface area contributed by atoms with E-state index < -0.39 is 0 Å². The van der Waals surface area contributed by atoms with Crippen molar-refractivity contribution in [3.05, 3.63) is 64.9 Å². The van der Waals surface area contributed by atoms with Crippen LogP contribution in [0.4, 0.5) is 0 Å². The number of aromatic nitrogens is 2. The second-order valence-electron chi connectivity index (χ2n) is 8.51. The summed E-state index contributed by atoms with van der Waals surface area (Å²) < 4.78 is 2.38. The highest BCUT2D eigenvalue weighted by molar-refractivity contribution is 6.30. The SMILES string of the molecule is CCCCCCCCCCn1c(CCCNC(=O)c2ccc(Cl)cc2)nc2ccccc21. The smallest absolute Gasteiger partial charge is 0.251 e. The van der Waals surface area contributed by atoms with Gasteiger partial charge in [-0.2, -0.15) is 0 Å². The zero-order valence-electron chi connectivity index (χ0n) is 19.3. The van der Waals surface area contributed by atoms with Crippen LogP contribution in [0.25, 0.3) is 11.0 Å². The van der Waals surface area contributed by atoms with Gasteiger partial charge in [-0.3, -0.25) is 4.79 Å². The van der Waals surface area contributed by atoms with E-state index in [1.54, 1.807) is 24.3 Å². The standard InChI is InChI=1S/C27H36ClN3O/c1-2-3-4-5-6-7-8-11-21-31-25-14-10-9-13-24(25)30-26(31)15-12-20-29-27(32)22-16-18-23(28)19-17-22/h9-10,13-14,16-19H,2-8,11-12,15,20-21H2,1H3,(H,29,32). The van der Waals surface area contributed by atoms with Gasteiger partial charge in [-0.05, 0) is 49.2 Å². The van der Waals surface area contributed by atoms with Gasteiger partial charge in [0, 0.05) is 30.1 Å². The van der Waals surface area contributed by atoms with Crippen molar-refractivity contribution in [2.75, 3.05) is 6.54 Å². The molecule has 1 aromatic heterocycles. The zero-order chi connectivity index (χ0) is 22.6. The van der Waals surface area contributed by atoms with Crippen LogP contribution in [-0.2, 0) is 13.0 Å². The lowest BCUT2D eigenvalue weighted by atomic mass is 10.1. The van der Waals surface area contributed by atoms with Crippen molar-refractivity contribution in [3.8, 4) is 0 Å². The van der Waals surface area contributed by atoms with Gasteiger partial charge in [0.1, 0.15) is 5.82 Å². The van der Waals surface area contributed by atoms with Gasteiger partial charge in [0.2, 0.25) is 0 Å². The molecule has 0 unspecified atom stereocenters. The van der Waals surface area contributed by atoms with E-state index in [1.165, 1.54) is 56.9 Å². The molecule has 0 saturated carbocycles. The van der Waals surface area contributed by atoms with E-state index in [9.17, 15) is 4.79 Å². The maximum Gasteiger partial charge on any atom is 0.251 e. The summed E-state index contributed by atoms with van der Waals surface area (Å²) in [6, 6.07) is 15.4. The molecule has 3 rings (SSSR count). The number of fused-ring (bicyclic) bond motifs is 1. The highest BCUT2D eigenvalue weighted by Crippen LogP contribution is 2.19. The Morgan fingerprint density at radius 2 is 1.59 bits per heavy atom. The molecule has 0 bridgehead atoms. The van der Waals surface area contributed by atoms with Crippen LogP contribution in [0.2, 0.25) is 5.02 Å². The Labute approximate surface area is 197 Å². The summed E-state index contributed by atoms with van der Waals surface area (Å²) in [7, 11) is 0. The van der Waals surface area contributed by atoms with E-state index in [4.69, 9.17) is 16.6 Å². The number of halogens is 1. The molecule has 1 heterocycles. The summed E-state index contributed by atoms with van der Waals surface area (Å²) in [6.07, 6.45) is 12.3. The minimum absolute atomic E-state index is 0.0610. The molecule has 0 radical (unpaired) electrons. The minimum atomic E-state index is -0.0610. The van der Waals surface area contributed by atoms with Crippen molar-refractivity contribution in [2.45, 2.75) is 77.7 Å². The fourth-order valence-corrected chi connectivity index (χ4v) is 4.25. The molecule has 4 nitrogen and oxygen atoms in total. The lowest BCUT2D eigenvalue weighted by molar-refractivity contribution is 0.0953. The van der Waals surface area contributed by atoms with E-state index in [-0.39, 0.29) is 5.91 Å². The first-order valence-corrected chi connectivity index (χ1v) is 12.5. The number of hydrogen-bond donors (Lipinski definition) is 1. The van der Waals surface area contributed by atoms with Crippen LogP contribution in [-0.4, -0.2) is 22.0 Å². The number of nitrogens with one attached hydrogen (secondary N) is 1. The van der Waals surface area contributed by atoms with Crippen LogP contribution in [0, 0.1) is 0 Å². The van der Waals surface area contributed by atoms with Gasteiger partial charge in [0.25, 0.3) is 5.91 Å². The number of hydrogen-bond acceptors (Lipinski definition) is 2. The minimum Gasteiger partial charge on any atom is -0.352 e. The lowest BCUT2D eigenvalue weighted by Crippen LogP contribution is -2.25. The van der Waals surface area contributed by atoms with E-state index in [1.807, 2.05) is 6.07 Å². The quantitative estimate of drug-likeness (QED) is 0.262. The summed E-state index contributed by atoms with van der Waals surface area (Å²) in [6.45, 7) is 3.91. The van der Waals surface area contributed by atoms with Crippen molar-refractivity contribution >= 4 is 28.5 Å². The average molecular weight is 454 g/mol. The monoisotopic (exact) mass is 453 g/mol. The van der Waals surface area contributed by atoms with Crippen LogP contribution in [0.5, 0.6) is 0 Å². The fourth-order valence-electron chi connectivity index (χ4n) is 4.12. The average Bonchev–Trinajstić information content (AvgIpc) is 3.16. The maximum atomic E-state index is 12.3. The van der Waals surface area contributed by atoms with Crippen LogP contribution in [0.1, 0.15) is 80.9 Å². The first-order chi connectivity index (χ1) is 15.7. The van der Waals surface area contributed by atoms with Crippen molar-refractivity contribution in [2.24, 2.45) is 0 Å². The van der Waals surface area contributed by atoms with Gasteiger partial charge in [-0.25, -0.2) is 4.98 Å². The highest BCUT2D eigenvalue weighted by atomic mass is 35.5. The Balaban J connectivity index is 1.47. The number of carbonyl (C=O) groups is 1. The number of benzene rings is 2. The van der Waals surface area contributed by atoms with Crippen molar-refractivity contribution in [1.82, 2.24) is 14.9 Å². The molecule has 32 heavy (non-hydrogen) atoms. The number of imidazole rings is 1. The van der Waals surface area contributed by atoms with Crippen LogP contribution in [0.15, 0.2) is 48.5 Å². The number of nitrogens with zero attached hydrogens (tertiary/aromatic N) is 2. The van der Waals surface area contributed by atoms with Gasteiger partial charge < -0.3 is 9.88 Å². The van der Waals surface area contributed by atoms with Crippen molar-refractivity contribution in [3.63, 3.8) is 0 Å². The molecule has 0 atom stereocenters. The molecule has 0 aliphatic carbocycles. The van der Waals surface area contributed by atoms with E-state index in [0.29, 0.717) is 17.1 Å². The molecule has 0 aliphatic rings. The van der Waals surface area contributed by atoms with Gasteiger partial charge >= 0.3 is 0 Å². The second-order valence-corrected chi connectivity index (χ2v) is 8.95. The molecular weight excluding hydrogens is 418 g/mol. The Morgan fingerprint density at radius 1 is 0.906 bits per heavy atom. The topological polar surface area (TPSA) is 46.9 Å². The third kappa shape index (κ3) is 7.37. The number of rotatable bonds is 14. The Kier molecular flexibility index (Phi) is 10.1. The number of aryl methyl sites for hydroxylation is 2. The summed E-state index contributed by atoms with van der Waals surface area (Å²) in [5.74, 6) is 1.06. The van der Waals surface area contributed by atoms with Crippen molar-refractivity contribution in [1.29, 1.82) is 0 Å². The molecule has 3 aromatic rings. The normalized spacial score (nSPS) is 11.2. The van der Waals surface area contributed by atoms with Crippen molar-refractivity contribution < 1.29 is 4.79 Å². The molecule has 0 saturated heterocycles. The summed E-state index contributed by atoms with van der Waals surface area (Å²) >= 11 is 5.90. The summed E-state index contributed by atoms with van der Waals surface area (Å²) in [5.41, 5.74) is 2.92. The Morgan fingerprint density at radius 3 is 2.34 bits per heavy atom. The largest absolute Gasteiger partial charge is 0.352 e. The van der Waals surface area contributed by atoms with E-state index >= 15 is 0 Å². The van der Waals surface area contributed by atoms with Gasteiger partial charge in [-0.15, -0.1) is 0 Å². The number of carbonyl (C=O) groups excluding carboxylic acids is 1. The number of para-hydroxylation sites is 2.